The van der Waals surface area contributed by atoms with E-state index in [1.807, 2.05) is 12.3 Å². The van der Waals surface area contributed by atoms with Crippen LogP contribution in [-0.4, -0.2) is 27.3 Å². The van der Waals surface area contributed by atoms with Crippen molar-refractivity contribution < 1.29 is 4.74 Å². The summed E-state index contributed by atoms with van der Waals surface area (Å²) in [7, 11) is 0.674. The predicted molar refractivity (Wildman–Crippen MR) is 85.4 cm³/mol. The summed E-state index contributed by atoms with van der Waals surface area (Å²) in [5.74, 6) is 0.773. The topological polar surface area (TPSA) is 22.1 Å². The molecule has 0 N–H and O–H groups in total. The monoisotopic (exact) mass is 289 g/mol. The van der Waals surface area contributed by atoms with Gasteiger partial charge < -0.3 is 4.74 Å². The van der Waals surface area contributed by atoms with Crippen LogP contribution in [0.15, 0.2) is 24.4 Å². The summed E-state index contributed by atoms with van der Waals surface area (Å²) in [6.45, 7) is 5.63. The van der Waals surface area contributed by atoms with Crippen molar-refractivity contribution >= 4 is 14.8 Å². The largest absolute Gasteiger partial charge is 0.384 e. The molecule has 2 nitrogen and oxygen atoms in total. The summed E-state index contributed by atoms with van der Waals surface area (Å²) >= 11 is 0. The molecular weight excluding hydrogens is 262 g/mol. The van der Waals surface area contributed by atoms with Crippen LogP contribution in [0.3, 0.4) is 0 Å². The fraction of sp³-hybridized carbons (Fsp3) is 0.706. The third-order valence-corrected chi connectivity index (χ3v) is 5.19. The molecule has 0 amide bonds. The summed E-state index contributed by atoms with van der Waals surface area (Å²) in [4.78, 5) is 4.36. The molecule has 1 aromatic rings. The number of hydrogen-bond acceptors (Lipinski definition) is 2. The summed E-state index contributed by atoms with van der Waals surface area (Å²) in [5, 5.41) is 1.16. The van der Waals surface area contributed by atoms with E-state index in [9.17, 15) is 0 Å². The molecule has 3 heteroatoms. The quantitative estimate of drug-likeness (QED) is 0.567. The smallest absolute Gasteiger partial charge is 0.140 e. The maximum Gasteiger partial charge on any atom is 0.140 e. The second kappa shape index (κ2) is 7.94. The lowest BCUT2D eigenvalue weighted by atomic mass is 9.70. The Morgan fingerprint density at radius 1 is 1.25 bits per heavy atom. The number of nitrogens with zero attached hydrogens (tertiary/aromatic N) is 1. The molecule has 0 atom stereocenters. The Morgan fingerprint density at radius 2 is 2.05 bits per heavy atom. The molecule has 0 aromatic carbocycles. The lowest BCUT2D eigenvalue weighted by Crippen LogP contribution is -2.33. The van der Waals surface area contributed by atoms with Crippen molar-refractivity contribution in [2.24, 2.45) is 11.3 Å². The summed E-state index contributed by atoms with van der Waals surface area (Å²) in [6, 6.07) is 6.11. The molecule has 2 radical (unpaired) electrons. The van der Waals surface area contributed by atoms with E-state index < -0.39 is 0 Å². The van der Waals surface area contributed by atoms with Gasteiger partial charge in [0.25, 0.3) is 0 Å². The van der Waals surface area contributed by atoms with Crippen molar-refractivity contribution in [3.8, 4) is 0 Å². The zero-order chi connectivity index (χ0) is 14.3. The number of aromatic nitrogens is 1. The fourth-order valence-corrected chi connectivity index (χ4v) is 4.17. The van der Waals surface area contributed by atoms with Crippen molar-refractivity contribution in [1.82, 2.24) is 4.98 Å². The molecule has 0 spiro atoms. The van der Waals surface area contributed by atoms with Gasteiger partial charge in [-0.15, -0.1) is 0 Å². The molecule has 1 aliphatic carbocycles. The van der Waals surface area contributed by atoms with Crippen LogP contribution >= 0.6 is 0 Å². The van der Waals surface area contributed by atoms with Gasteiger partial charge in [-0.2, -0.15) is 0 Å². The van der Waals surface area contributed by atoms with E-state index in [1.54, 1.807) is 0 Å². The third-order valence-electron chi connectivity index (χ3n) is 4.18. The highest BCUT2D eigenvalue weighted by Gasteiger charge is 2.32. The van der Waals surface area contributed by atoms with Crippen molar-refractivity contribution in [3.05, 3.63) is 24.4 Å². The van der Waals surface area contributed by atoms with Gasteiger partial charge in [0.05, 0.1) is 6.61 Å². The molecule has 1 saturated carbocycles. The average Bonchev–Trinajstić information content (AvgIpc) is 2.45. The molecule has 0 aliphatic heterocycles. The second-order valence-corrected chi connectivity index (χ2v) is 7.70. The molecule has 1 aromatic heterocycles. The normalized spacial score (nSPS) is 18.4. The Labute approximate surface area is 126 Å². The zero-order valence-corrected chi connectivity index (χ0v) is 13.9. The Hall–Kier alpha value is -0.673. The van der Waals surface area contributed by atoms with Crippen LogP contribution in [0, 0.1) is 11.3 Å². The van der Waals surface area contributed by atoms with Gasteiger partial charge in [-0.05, 0) is 42.7 Å². The molecule has 20 heavy (non-hydrogen) atoms. The van der Waals surface area contributed by atoms with E-state index in [2.05, 4.69) is 31.0 Å². The van der Waals surface area contributed by atoms with Crippen LogP contribution in [0.1, 0.15) is 52.4 Å². The first-order valence-corrected chi connectivity index (χ1v) is 9.14. The zero-order valence-electron chi connectivity index (χ0n) is 12.9. The van der Waals surface area contributed by atoms with Gasteiger partial charge in [-0.1, -0.05) is 39.2 Å². The molecule has 110 valence electrons. The highest BCUT2D eigenvalue weighted by atomic mass is 28.2. The van der Waals surface area contributed by atoms with Crippen molar-refractivity contribution in [3.63, 3.8) is 0 Å². The summed E-state index contributed by atoms with van der Waals surface area (Å²) < 4.78 is 6.05. The van der Waals surface area contributed by atoms with Gasteiger partial charge in [0, 0.05) is 17.7 Å². The van der Waals surface area contributed by atoms with E-state index in [-0.39, 0.29) is 0 Å². The number of hydrogen-bond donors (Lipinski definition) is 0. The average molecular weight is 289 g/mol. The Kier molecular flexibility index (Phi) is 6.24. The maximum atomic E-state index is 6.05. The minimum atomic E-state index is 0.459. The van der Waals surface area contributed by atoms with Gasteiger partial charge in [0.15, 0.2) is 0 Å². The molecule has 0 bridgehead atoms. The standard InChI is InChI=1S/C17H27NOSi/c1-15(2)12-17(9-5-3-6-10-17)13-19-14-20-16-8-4-7-11-18-16/h4,7-8,11,15H,3,5-6,9-10,12-14H2,1-2H3. The van der Waals surface area contributed by atoms with Crippen LogP contribution in [0.25, 0.3) is 0 Å². The Bertz CT molecular complexity index is 374. The lowest BCUT2D eigenvalue weighted by Gasteiger charge is -2.38. The van der Waals surface area contributed by atoms with Gasteiger partial charge in [-0.3, -0.25) is 4.98 Å². The van der Waals surface area contributed by atoms with Gasteiger partial charge in [-0.25, -0.2) is 0 Å². The van der Waals surface area contributed by atoms with Crippen LogP contribution in [0.5, 0.6) is 0 Å². The minimum Gasteiger partial charge on any atom is -0.384 e. The molecule has 0 saturated heterocycles. The van der Waals surface area contributed by atoms with Crippen LogP contribution in [0.4, 0.5) is 0 Å². The first-order valence-electron chi connectivity index (χ1n) is 7.93. The SMILES string of the molecule is CC(C)CC1(COC[Si]c2ccccn2)CCCCC1. The highest BCUT2D eigenvalue weighted by Crippen LogP contribution is 2.41. The van der Waals surface area contributed by atoms with E-state index in [0.717, 1.165) is 24.1 Å². The molecule has 1 fully saturated rings. The molecule has 0 unspecified atom stereocenters. The van der Waals surface area contributed by atoms with Gasteiger partial charge in [0.2, 0.25) is 0 Å². The van der Waals surface area contributed by atoms with Crippen LogP contribution in [0.2, 0.25) is 0 Å². The number of ether oxygens (including phenoxy) is 1. The number of rotatable bonds is 7. The summed E-state index contributed by atoms with van der Waals surface area (Å²) in [6.07, 6.45) is 10.9. The van der Waals surface area contributed by atoms with E-state index >= 15 is 0 Å². The Balaban J connectivity index is 1.77. The van der Waals surface area contributed by atoms with Crippen molar-refractivity contribution in [2.45, 2.75) is 52.4 Å². The maximum absolute atomic E-state index is 6.05. The van der Waals surface area contributed by atoms with Gasteiger partial charge in [0.1, 0.15) is 9.52 Å². The highest BCUT2D eigenvalue weighted by molar-refractivity contribution is 6.52. The Morgan fingerprint density at radius 3 is 2.70 bits per heavy atom. The first-order chi connectivity index (χ1) is 9.70. The molecule has 1 aliphatic rings. The van der Waals surface area contributed by atoms with E-state index in [1.165, 1.54) is 38.5 Å². The van der Waals surface area contributed by atoms with Gasteiger partial charge >= 0.3 is 0 Å². The second-order valence-electron chi connectivity index (χ2n) is 6.54. The third kappa shape index (κ3) is 5.02. The number of pyridine rings is 1. The molecule has 2 rings (SSSR count). The minimum absolute atomic E-state index is 0.459. The first kappa shape index (κ1) is 15.7. The van der Waals surface area contributed by atoms with E-state index in [0.29, 0.717) is 14.9 Å². The van der Waals surface area contributed by atoms with Crippen LogP contribution in [-0.2, 0) is 4.74 Å². The predicted octanol–water partition coefficient (Wildman–Crippen LogP) is 3.38. The molecule has 1 heterocycles. The van der Waals surface area contributed by atoms with Crippen LogP contribution < -0.4 is 5.32 Å². The fourth-order valence-electron chi connectivity index (χ4n) is 3.44. The van der Waals surface area contributed by atoms with Crippen molar-refractivity contribution in [2.75, 3.05) is 12.8 Å². The lowest BCUT2D eigenvalue weighted by molar-refractivity contribution is 0.0240. The molecular formula is C17H27NOSi. The van der Waals surface area contributed by atoms with E-state index in [4.69, 9.17) is 4.74 Å². The summed E-state index contributed by atoms with van der Waals surface area (Å²) in [5.41, 5.74) is 0.459. The van der Waals surface area contributed by atoms with Crippen molar-refractivity contribution in [1.29, 1.82) is 0 Å².